The van der Waals surface area contributed by atoms with E-state index in [9.17, 15) is 9.59 Å². The summed E-state index contributed by atoms with van der Waals surface area (Å²) in [7, 11) is 3.56. The molecular weight excluding hydrogens is 442 g/mol. The Labute approximate surface area is 208 Å². The lowest BCUT2D eigenvalue weighted by atomic mass is 9.74. The molecule has 6 unspecified atom stereocenters. The summed E-state index contributed by atoms with van der Waals surface area (Å²) < 4.78 is 13.4. The van der Waals surface area contributed by atoms with E-state index in [-0.39, 0.29) is 47.7 Å². The zero-order valence-electron chi connectivity index (χ0n) is 22.0. The van der Waals surface area contributed by atoms with Crippen molar-refractivity contribution in [2.75, 3.05) is 7.11 Å². The lowest BCUT2D eigenvalue weighted by molar-refractivity contribution is -0.138. The summed E-state index contributed by atoms with van der Waals surface area (Å²) in [6.45, 7) is 8.20. The number of carbonyl (C=O) groups is 1. The van der Waals surface area contributed by atoms with Crippen molar-refractivity contribution in [3.05, 3.63) is 39.9 Å². The minimum absolute atomic E-state index is 0.0451. The monoisotopic (exact) mass is 483 g/mol. The Morgan fingerprint density at radius 1 is 1.14 bits per heavy atom. The Hall–Kier alpha value is -2.25. The standard InChI is InChI=1S/C28H41N3O4/c1-16(2)35-26-13-19(8-10-25(26)34-6)27(32)30-21-9-7-17(3)22(14-21)23-12-20-15-29-18(4)11-24(20)31(5)28(23)33/h11-12,15-17,19,21-22,25-26H,7-10,13-14H2,1-6H3,(H,30,32). The fraction of sp³-hybridized carbons (Fsp3) is 0.679. The molecule has 2 aromatic rings. The van der Waals surface area contributed by atoms with Crippen molar-refractivity contribution in [3.8, 4) is 0 Å². The molecule has 0 radical (unpaired) electrons. The van der Waals surface area contributed by atoms with E-state index in [2.05, 4.69) is 17.2 Å². The van der Waals surface area contributed by atoms with Gasteiger partial charge in [0.1, 0.15) is 0 Å². The fourth-order valence-electron chi connectivity index (χ4n) is 6.06. The molecule has 2 aliphatic rings. The van der Waals surface area contributed by atoms with E-state index in [0.29, 0.717) is 12.3 Å². The third-order valence-electron chi connectivity index (χ3n) is 8.07. The van der Waals surface area contributed by atoms with Crippen LogP contribution in [0.3, 0.4) is 0 Å². The highest BCUT2D eigenvalue weighted by Crippen LogP contribution is 2.38. The molecule has 2 saturated carbocycles. The third-order valence-corrected chi connectivity index (χ3v) is 8.07. The largest absolute Gasteiger partial charge is 0.379 e. The lowest BCUT2D eigenvalue weighted by Crippen LogP contribution is -2.47. The highest BCUT2D eigenvalue weighted by atomic mass is 16.5. The van der Waals surface area contributed by atoms with Crippen molar-refractivity contribution < 1.29 is 14.3 Å². The topological polar surface area (TPSA) is 82.5 Å². The summed E-state index contributed by atoms with van der Waals surface area (Å²) in [5, 5.41) is 4.32. The SMILES string of the molecule is COC1CCC(C(=O)NC2CCC(C)C(c3cc4cnc(C)cc4n(C)c3=O)C2)CC1OC(C)C. The van der Waals surface area contributed by atoms with Crippen molar-refractivity contribution in [1.29, 1.82) is 0 Å². The van der Waals surface area contributed by atoms with Crippen molar-refractivity contribution in [2.24, 2.45) is 18.9 Å². The first-order valence-electron chi connectivity index (χ1n) is 13.1. The number of aryl methyl sites for hydroxylation is 2. The van der Waals surface area contributed by atoms with Crippen LogP contribution in [-0.2, 0) is 21.3 Å². The van der Waals surface area contributed by atoms with E-state index in [0.717, 1.165) is 54.3 Å². The van der Waals surface area contributed by atoms with Crippen molar-refractivity contribution in [3.63, 3.8) is 0 Å². The quantitative estimate of drug-likeness (QED) is 0.665. The summed E-state index contributed by atoms with van der Waals surface area (Å²) in [4.78, 5) is 31.0. The highest BCUT2D eigenvalue weighted by Gasteiger charge is 2.37. The second-order valence-electron chi connectivity index (χ2n) is 11.0. The van der Waals surface area contributed by atoms with Crippen molar-refractivity contribution in [1.82, 2.24) is 14.9 Å². The maximum Gasteiger partial charge on any atom is 0.254 e. The molecule has 6 atom stereocenters. The fourth-order valence-corrected chi connectivity index (χ4v) is 6.06. The molecule has 192 valence electrons. The van der Waals surface area contributed by atoms with E-state index in [1.807, 2.05) is 46.1 Å². The number of fused-ring (bicyclic) bond motifs is 1. The summed E-state index contributed by atoms with van der Waals surface area (Å²) in [6.07, 6.45) is 6.99. The molecule has 2 aromatic heterocycles. The van der Waals surface area contributed by atoms with E-state index in [4.69, 9.17) is 9.47 Å². The number of amides is 1. The first-order chi connectivity index (χ1) is 16.7. The van der Waals surface area contributed by atoms with Crippen LogP contribution in [0.25, 0.3) is 10.9 Å². The Bertz CT molecular complexity index is 1110. The predicted molar refractivity (Wildman–Crippen MR) is 138 cm³/mol. The molecule has 0 saturated heterocycles. The number of nitrogens with zero attached hydrogens (tertiary/aromatic N) is 2. The van der Waals surface area contributed by atoms with Gasteiger partial charge in [0.2, 0.25) is 5.91 Å². The number of hydrogen-bond acceptors (Lipinski definition) is 5. The van der Waals surface area contributed by atoms with Crippen LogP contribution in [0.4, 0.5) is 0 Å². The van der Waals surface area contributed by atoms with Gasteiger partial charge in [-0.2, -0.15) is 0 Å². The van der Waals surface area contributed by atoms with Gasteiger partial charge < -0.3 is 19.4 Å². The van der Waals surface area contributed by atoms with Gasteiger partial charge in [0.05, 0.1) is 23.8 Å². The predicted octanol–water partition coefficient (Wildman–Crippen LogP) is 4.24. The van der Waals surface area contributed by atoms with Gasteiger partial charge in [0.15, 0.2) is 0 Å². The lowest BCUT2D eigenvalue weighted by Gasteiger charge is -2.38. The average molecular weight is 484 g/mol. The molecule has 35 heavy (non-hydrogen) atoms. The zero-order valence-corrected chi connectivity index (χ0v) is 22.0. The Morgan fingerprint density at radius 3 is 2.63 bits per heavy atom. The average Bonchev–Trinajstić information content (AvgIpc) is 2.82. The summed E-state index contributed by atoms with van der Waals surface area (Å²) in [5.74, 6) is 0.541. The molecule has 7 heteroatoms. The number of ether oxygens (including phenoxy) is 2. The van der Waals surface area contributed by atoms with Crippen molar-refractivity contribution >= 4 is 16.8 Å². The number of hydrogen-bond donors (Lipinski definition) is 1. The summed E-state index contributed by atoms with van der Waals surface area (Å²) in [5.41, 5.74) is 2.70. The number of nitrogens with one attached hydrogen (secondary N) is 1. The molecule has 0 aliphatic heterocycles. The van der Waals surface area contributed by atoms with Crippen LogP contribution in [0.1, 0.15) is 76.5 Å². The van der Waals surface area contributed by atoms with E-state index < -0.39 is 0 Å². The van der Waals surface area contributed by atoms with E-state index >= 15 is 0 Å². The first kappa shape index (κ1) is 25.8. The maximum absolute atomic E-state index is 13.3. The van der Waals surface area contributed by atoms with Gasteiger partial charge in [0.25, 0.3) is 5.56 Å². The molecular formula is C28H41N3O4. The number of aromatic nitrogens is 2. The minimum atomic E-state index is -0.0641. The molecule has 4 rings (SSSR count). The van der Waals surface area contributed by atoms with Gasteiger partial charge in [-0.15, -0.1) is 0 Å². The van der Waals surface area contributed by atoms with Gasteiger partial charge in [-0.05, 0) is 83.3 Å². The van der Waals surface area contributed by atoms with E-state index in [1.165, 1.54) is 0 Å². The zero-order chi connectivity index (χ0) is 25.3. The molecule has 0 bridgehead atoms. The summed E-state index contributed by atoms with van der Waals surface area (Å²) in [6, 6.07) is 4.06. The number of carbonyl (C=O) groups excluding carboxylic acids is 1. The van der Waals surface area contributed by atoms with Gasteiger partial charge >= 0.3 is 0 Å². The van der Waals surface area contributed by atoms with Crippen LogP contribution >= 0.6 is 0 Å². The van der Waals surface area contributed by atoms with Crippen LogP contribution in [0.15, 0.2) is 23.1 Å². The minimum Gasteiger partial charge on any atom is -0.379 e. The second kappa shape index (κ2) is 10.8. The molecule has 2 heterocycles. The maximum atomic E-state index is 13.3. The van der Waals surface area contributed by atoms with Gasteiger partial charge in [-0.25, -0.2) is 0 Å². The van der Waals surface area contributed by atoms with E-state index in [1.54, 1.807) is 11.7 Å². The van der Waals surface area contributed by atoms with Crippen LogP contribution in [0, 0.1) is 18.8 Å². The molecule has 1 amide bonds. The smallest absolute Gasteiger partial charge is 0.254 e. The molecule has 7 nitrogen and oxygen atoms in total. The molecule has 1 N–H and O–H groups in total. The third kappa shape index (κ3) is 5.61. The molecule has 2 fully saturated rings. The van der Waals surface area contributed by atoms with Crippen LogP contribution in [-0.4, -0.2) is 46.9 Å². The number of rotatable bonds is 6. The Kier molecular flexibility index (Phi) is 7.96. The van der Waals surface area contributed by atoms with Crippen LogP contribution in [0.2, 0.25) is 0 Å². The highest BCUT2D eigenvalue weighted by molar-refractivity contribution is 5.80. The normalized spacial score (nSPS) is 29.5. The number of methoxy groups -OCH3 is 1. The van der Waals surface area contributed by atoms with Crippen molar-refractivity contribution in [2.45, 2.75) is 96.5 Å². The first-order valence-corrected chi connectivity index (χ1v) is 13.1. The number of pyridine rings is 2. The van der Waals surface area contributed by atoms with Gasteiger partial charge in [0, 0.05) is 49.0 Å². The van der Waals surface area contributed by atoms with Crippen LogP contribution < -0.4 is 10.9 Å². The Morgan fingerprint density at radius 2 is 1.91 bits per heavy atom. The van der Waals surface area contributed by atoms with Gasteiger partial charge in [-0.1, -0.05) is 6.92 Å². The molecule has 2 aliphatic carbocycles. The summed E-state index contributed by atoms with van der Waals surface area (Å²) >= 11 is 0. The Balaban J connectivity index is 1.48. The second-order valence-corrected chi connectivity index (χ2v) is 11.0. The van der Waals surface area contributed by atoms with Crippen LogP contribution in [0.5, 0.6) is 0 Å². The van der Waals surface area contributed by atoms with Gasteiger partial charge in [-0.3, -0.25) is 14.6 Å². The molecule has 0 aromatic carbocycles. The molecule has 0 spiro atoms.